The van der Waals surface area contributed by atoms with Crippen LogP contribution >= 0.6 is 0 Å². The topological polar surface area (TPSA) is 69.2 Å². The summed E-state index contributed by atoms with van der Waals surface area (Å²) in [5, 5.41) is 3.89. The molecule has 144 valence electrons. The van der Waals surface area contributed by atoms with Gasteiger partial charge >= 0.3 is 0 Å². The number of hydrazone groups is 1. The Bertz CT molecular complexity index is 803. The number of hydrogen-bond donors (Lipinski definition) is 1. The fourth-order valence-corrected chi connectivity index (χ4v) is 2.37. The van der Waals surface area contributed by atoms with E-state index in [4.69, 9.17) is 14.2 Å². The molecule has 0 aliphatic heterocycles. The Kier molecular flexibility index (Phi) is 7.67. The van der Waals surface area contributed by atoms with E-state index in [1.165, 1.54) is 24.3 Å². The summed E-state index contributed by atoms with van der Waals surface area (Å²) < 4.78 is 17.0. The maximum Gasteiger partial charge on any atom is 0.236 e. The molecule has 0 unspecified atom stereocenters. The minimum Gasteiger partial charge on any atom is -0.493 e. The molecule has 0 saturated carbocycles. The Balaban J connectivity index is 1.91. The lowest BCUT2D eigenvalue weighted by atomic mass is 10.1. The zero-order valence-corrected chi connectivity index (χ0v) is 16.2. The number of amides is 1. The van der Waals surface area contributed by atoms with Crippen LogP contribution in [-0.4, -0.2) is 32.4 Å². The molecule has 0 radical (unpaired) electrons. The number of rotatable bonds is 9. The number of nitrogens with one attached hydrogen (secondary N) is 1. The largest absolute Gasteiger partial charge is 0.493 e. The van der Waals surface area contributed by atoms with E-state index in [0.29, 0.717) is 31.1 Å². The second-order valence-electron chi connectivity index (χ2n) is 6.10. The number of carbonyl (C=O) groups is 1. The third kappa shape index (κ3) is 6.33. The third-order valence-corrected chi connectivity index (χ3v) is 3.94. The van der Waals surface area contributed by atoms with Gasteiger partial charge in [-0.05, 0) is 49.2 Å². The first-order valence-corrected chi connectivity index (χ1v) is 8.80. The zero-order chi connectivity index (χ0) is 19.6. The Morgan fingerprint density at radius 2 is 1.89 bits per heavy atom. The van der Waals surface area contributed by atoms with Crippen LogP contribution in [0.1, 0.15) is 30.0 Å². The van der Waals surface area contributed by atoms with Gasteiger partial charge in [-0.25, -0.2) is 5.43 Å². The Hall–Kier alpha value is -3.02. The molecule has 0 heterocycles. The average molecular weight is 370 g/mol. The van der Waals surface area contributed by atoms with Gasteiger partial charge in [-0.2, -0.15) is 5.10 Å². The van der Waals surface area contributed by atoms with Crippen molar-refractivity contribution < 1.29 is 19.0 Å². The number of carbonyl (C=O) groups excluding carboxylic acids is 1. The minimum absolute atomic E-state index is 0.236. The van der Waals surface area contributed by atoms with Crippen molar-refractivity contribution in [1.29, 1.82) is 0 Å². The van der Waals surface area contributed by atoms with Gasteiger partial charge in [0.25, 0.3) is 0 Å². The van der Waals surface area contributed by atoms with Crippen LogP contribution in [0.3, 0.4) is 0 Å². The molecule has 0 aliphatic carbocycles. The molecule has 27 heavy (non-hydrogen) atoms. The predicted octanol–water partition coefficient (Wildman–Crippen LogP) is 3.63. The van der Waals surface area contributed by atoms with Gasteiger partial charge in [-0.1, -0.05) is 12.1 Å². The van der Waals surface area contributed by atoms with Gasteiger partial charge in [-0.3, -0.25) is 4.79 Å². The average Bonchev–Trinajstić information content (AvgIpc) is 2.64. The van der Waals surface area contributed by atoms with Gasteiger partial charge in [0.1, 0.15) is 5.75 Å². The standard InChI is InChI=1S/C21H26N2O4/c1-15-9-10-19(13-16(15)2)26-11-6-12-27-21-18(14-22-23-17(3)24)7-5-8-20(21)25-4/h5,7-10,13-14H,6,11-12H2,1-4H3,(H,23,24)/b22-14+. The first-order chi connectivity index (χ1) is 13.0. The van der Waals surface area contributed by atoms with Crippen molar-refractivity contribution >= 4 is 12.1 Å². The molecule has 1 N–H and O–H groups in total. The summed E-state index contributed by atoms with van der Waals surface area (Å²) in [4.78, 5) is 10.9. The number of methoxy groups -OCH3 is 1. The van der Waals surface area contributed by atoms with Crippen molar-refractivity contribution in [2.75, 3.05) is 20.3 Å². The SMILES string of the molecule is COc1cccc(/C=N/NC(C)=O)c1OCCCOc1ccc(C)c(C)c1. The van der Waals surface area contributed by atoms with Crippen LogP contribution in [0.4, 0.5) is 0 Å². The van der Waals surface area contributed by atoms with E-state index in [1.807, 2.05) is 30.3 Å². The second kappa shape index (κ2) is 10.2. The number of para-hydroxylation sites is 1. The third-order valence-electron chi connectivity index (χ3n) is 3.94. The van der Waals surface area contributed by atoms with Gasteiger partial charge in [0.15, 0.2) is 11.5 Å². The van der Waals surface area contributed by atoms with E-state index in [-0.39, 0.29) is 5.91 Å². The highest BCUT2D eigenvalue weighted by molar-refractivity contribution is 5.86. The minimum atomic E-state index is -0.236. The van der Waals surface area contributed by atoms with Crippen LogP contribution < -0.4 is 19.6 Å². The Labute approximate surface area is 160 Å². The highest BCUT2D eigenvalue weighted by Gasteiger charge is 2.09. The summed E-state index contributed by atoms with van der Waals surface area (Å²) in [6, 6.07) is 11.6. The van der Waals surface area contributed by atoms with Crippen molar-refractivity contribution in [1.82, 2.24) is 5.43 Å². The lowest BCUT2D eigenvalue weighted by Crippen LogP contribution is -2.12. The van der Waals surface area contributed by atoms with Gasteiger partial charge in [-0.15, -0.1) is 0 Å². The highest BCUT2D eigenvalue weighted by atomic mass is 16.5. The quantitative estimate of drug-likeness (QED) is 0.416. The molecule has 1 amide bonds. The van der Waals surface area contributed by atoms with E-state index in [0.717, 1.165) is 11.3 Å². The lowest BCUT2D eigenvalue weighted by molar-refractivity contribution is -0.118. The first-order valence-electron chi connectivity index (χ1n) is 8.80. The van der Waals surface area contributed by atoms with E-state index >= 15 is 0 Å². The number of hydrogen-bond acceptors (Lipinski definition) is 5. The summed E-state index contributed by atoms with van der Waals surface area (Å²) in [5.74, 6) is 1.82. The van der Waals surface area contributed by atoms with Crippen LogP contribution in [0.25, 0.3) is 0 Å². The molecule has 6 nitrogen and oxygen atoms in total. The monoisotopic (exact) mass is 370 g/mol. The van der Waals surface area contributed by atoms with Crippen molar-refractivity contribution in [3.05, 3.63) is 53.1 Å². The van der Waals surface area contributed by atoms with Gasteiger partial charge < -0.3 is 14.2 Å². The van der Waals surface area contributed by atoms with Gasteiger partial charge in [0, 0.05) is 18.9 Å². The normalized spacial score (nSPS) is 10.7. The van der Waals surface area contributed by atoms with Crippen LogP contribution in [0.5, 0.6) is 17.2 Å². The summed E-state index contributed by atoms with van der Waals surface area (Å²) >= 11 is 0. The van der Waals surface area contributed by atoms with Gasteiger partial charge in [0.2, 0.25) is 5.91 Å². The van der Waals surface area contributed by atoms with Crippen molar-refractivity contribution in [2.24, 2.45) is 5.10 Å². The maximum absolute atomic E-state index is 10.9. The zero-order valence-electron chi connectivity index (χ0n) is 16.2. The number of aryl methyl sites for hydroxylation is 2. The molecule has 0 fully saturated rings. The van der Waals surface area contributed by atoms with Crippen molar-refractivity contribution in [3.63, 3.8) is 0 Å². The smallest absolute Gasteiger partial charge is 0.236 e. The van der Waals surface area contributed by atoms with E-state index in [9.17, 15) is 4.79 Å². The fraction of sp³-hybridized carbons (Fsp3) is 0.333. The van der Waals surface area contributed by atoms with Crippen molar-refractivity contribution in [3.8, 4) is 17.2 Å². The molecular formula is C21H26N2O4. The molecule has 0 atom stereocenters. The van der Waals surface area contributed by atoms with E-state index in [1.54, 1.807) is 7.11 Å². The second-order valence-corrected chi connectivity index (χ2v) is 6.10. The Morgan fingerprint density at radius 1 is 1.11 bits per heavy atom. The molecule has 2 aromatic carbocycles. The van der Waals surface area contributed by atoms with E-state index < -0.39 is 0 Å². The summed E-state index contributed by atoms with van der Waals surface area (Å²) in [6.07, 6.45) is 2.25. The maximum atomic E-state index is 10.9. The van der Waals surface area contributed by atoms with E-state index in [2.05, 4.69) is 30.4 Å². The first kappa shape index (κ1) is 20.3. The molecule has 0 bridgehead atoms. The summed E-state index contributed by atoms with van der Waals surface area (Å²) in [5.41, 5.74) is 5.55. The lowest BCUT2D eigenvalue weighted by Gasteiger charge is -2.13. The molecule has 2 rings (SSSR count). The van der Waals surface area contributed by atoms with Crippen LogP contribution in [0, 0.1) is 13.8 Å². The molecule has 2 aromatic rings. The molecule has 0 aliphatic rings. The van der Waals surface area contributed by atoms with Crippen LogP contribution in [0.15, 0.2) is 41.5 Å². The fourth-order valence-electron chi connectivity index (χ4n) is 2.37. The number of benzene rings is 2. The number of ether oxygens (including phenoxy) is 3. The predicted molar refractivity (Wildman–Crippen MR) is 106 cm³/mol. The van der Waals surface area contributed by atoms with Crippen LogP contribution in [0.2, 0.25) is 0 Å². The molecule has 0 saturated heterocycles. The van der Waals surface area contributed by atoms with Crippen molar-refractivity contribution in [2.45, 2.75) is 27.2 Å². The van der Waals surface area contributed by atoms with Gasteiger partial charge in [0.05, 0.1) is 26.5 Å². The molecule has 0 aromatic heterocycles. The molecular weight excluding hydrogens is 344 g/mol. The molecule has 0 spiro atoms. The molecule has 6 heteroatoms. The Morgan fingerprint density at radius 3 is 2.59 bits per heavy atom. The summed E-state index contributed by atoms with van der Waals surface area (Å²) in [6.45, 7) is 6.55. The number of nitrogens with zero attached hydrogens (tertiary/aromatic N) is 1. The van der Waals surface area contributed by atoms with Crippen LogP contribution in [-0.2, 0) is 4.79 Å². The highest BCUT2D eigenvalue weighted by Crippen LogP contribution is 2.30. The summed E-state index contributed by atoms with van der Waals surface area (Å²) in [7, 11) is 1.58.